The summed E-state index contributed by atoms with van der Waals surface area (Å²) in [6.45, 7) is 13.8. The van der Waals surface area contributed by atoms with Crippen LogP contribution in [0.4, 0.5) is 20.1 Å². The molecule has 3 N–H and O–H groups in total. The first-order valence-electron chi connectivity index (χ1n) is 10.1. The number of allylic oxidation sites excluding steroid dienone is 2. The second-order valence-electron chi connectivity index (χ2n) is 8.73. The van der Waals surface area contributed by atoms with Crippen molar-refractivity contribution in [1.82, 2.24) is 10.6 Å². The average molecular weight is 478 g/mol. The molecule has 0 bridgehead atoms. The minimum atomic E-state index is -1.06. The number of aliphatic imine (C=N–C) groups is 1. The number of rotatable bonds is 5. The second-order valence-corrected chi connectivity index (χ2v) is 9.72. The van der Waals surface area contributed by atoms with Gasteiger partial charge < -0.3 is 14.6 Å². The zero-order valence-electron chi connectivity index (χ0n) is 19.7. The van der Waals surface area contributed by atoms with Crippen molar-refractivity contribution in [2.75, 3.05) is 0 Å². The molecule has 0 atom stereocenters. The molecule has 180 valence electrons. The van der Waals surface area contributed by atoms with Crippen LogP contribution in [0.1, 0.15) is 53.5 Å². The predicted octanol–water partition coefficient (Wildman–Crippen LogP) is 6.05. The summed E-state index contributed by atoms with van der Waals surface area (Å²) in [5, 5.41) is 12.9. The number of guanidine groups is 1. The smallest absolute Gasteiger partial charge is 0.414 e. The highest BCUT2D eigenvalue weighted by atomic mass is 32.2. The first kappa shape index (κ1) is 27.8. The van der Waals surface area contributed by atoms with E-state index in [1.807, 2.05) is 0 Å². The van der Waals surface area contributed by atoms with Gasteiger partial charge in [-0.15, -0.1) is 6.58 Å². The molecule has 0 saturated heterocycles. The summed E-state index contributed by atoms with van der Waals surface area (Å²) in [6.07, 6.45) is 2.23. The van der Waals surface area contributed by atoms with Gasteiger partial charge in [0.2, 0.25) is 5.96 Å². The molecule has 0 unspecified atom stereocenters. The van der Waals surface area contributed by atoms with Gasteiger partial charge in [0.05, 0.1) is 5.69 Å². The summed E-state index contributed by atoms with van der Waals surface area (Å²) >= 11 is 0.656. The predicted molar refractivity (Wildman–Crippen MR) is 131 cm³/mol. The van der Waals surface area contributed by atoms with Crippen LogP contribution in [-0.2, 0) is 9.47 Å². The van der Waals surface area contributed by atoms with Crippen LogP contribution < -0.4 is 10.6 Å². The van der Waals surface area contributed by atoms with E-state index in [0.29, 0.717) is 34.3 Å². The summed E-state index contributed by atoms with van der Waals surface area (Å²) in [5.41, 5.74) is -0.579. The minimum absolute atomic E-state index is 0.210. The van der Waals surface area contributed by atoms with Crippen molar-refractivity contribution in [2.24, 2.45) is 4.99 Å². The van der Waals surface area contributed by atoms with Crippen molar-refractivity contribution in [2.45, 2.75) is 59.2 Å². The highest BCUT2D eigenvalue weighted by molar-refractivity contribution is 8.21. The number of thioether (sulfide) groups is 1. The van der Waals surface area contributed by atoms with E-state index in [0.717, 1.165) is 0 Å². The lowest BCUT2D eigenvalue weighted by molar-refractivity contribution is 0.0545. The fraction of sp³-hybridized carbons (Fsp3) is 0.391. The van der Waals surface area contributed by atoms with Gasteiger partial charge in [-0.25, -0.2) is 19.4 Å². The summed E-state index contributed by atoms with van der Waals surface area (Å²) < 4.78 is 10.5. The fourth-order valence-electron chi connectivity index (χ4n) is 2.25. The Morgan fingerprint density at radius 2 is 1.61 bits per heavy atom. The van der Waals surface area contributed by atoms with E-state index in [4.69, 9.17) is 9.47 Å². The largest absolute Gasteiger partial charge is 0.473 e. The first-order chi connectivity index (χ1) is 15.2. The lowest BCUT2D eigenvalue weighted by atomic mass is 10.1. The number of hydrogen-bond donors (Lipinski definition) is 3. The van der Waals surface area contributed by atoms with Crippen LogP contribution in [0.2, 0.25) is 0 Å². The van der Waals surface area contributed by atoms with Gasteiger partial charge in [0, 0.05) is 4.91 Å². The van der Waals surface area contributed by atoms with Gasteiger partial charge in [-0.2, -0.15) is 0 Å². The third-order valence-electron chi connectivity index (χ3n) is 3.28. The highest BCUT2D eigenvalue weighted by Crippen LogP contribution is 2.30. The van der Waals surface area contributed by atoms with E-state index >= 15 is 0 Å². The van der Waals surface area contributed by atoms with Gasteiger partial charge in [0.1, 0.15) is 11.2 Å². The number of amides is 2. The minimum Gasteiger partial charge on any atom is -0.473 e. The number of alkyl carbamates (subject to hydrolysis) is 2. The Morgan fingerprint density at radius 3 is 2.06 bits per heavy atom. The number of carbonyl (C=O) groups is 3. The van der Waals surface area contributed by atoms with E-state index in [1.165, 1.54) is 0 Å². The monoisotopic (exact) mass is 477 g/mol. The third kappa shape index (κ3) is 12.4. The van der Waals surface area contributed by atoms with E-state index in [1.54, 1.807) is 78.0 Å². The van der Waals surface area contributed by atoms with Crippen LogP contribution in [0, 0.1) is 0 Å². The molecule has 0 radical (unpaired) electrons. The van der Waals surface area contributed by atoms with Crippen molar-refractivity contribution >= 4 is 45.8 Å². The molecule has 0 aliphatic heterocycles. The normalized spacial score (nSPS) is 11.8. The van der Waals surface area contributed by atoms with E-state index in [-0.39, 0.29) is 5.96 Å². The standard InChI is InChI=1S/C23H31N3O6S/c1-8-9-13-17(33-21(29)30)15-11-10-12-16(14-15)24-18(25-19(27)31-22(2,3)4)26-20(28)32-23(5,6)7/h8,10-14H,1,9H2,2-7H3,(H,29,30)(H2,24,25,26,27,28)/b17-13-. The Kier molecular flexibility index (Phi) is 10.2. The molecule has 0 aliphatic rings. The summed E-state index contributed by atoms with van der Waals surface area (Å²) in [5.74, 6) is -0.210. The molecule has 2 amide bonds. The highest BCUT2D eigenvalue weighted by Gasteiger charge is 2.21. The van der Waals surface area contributed by atoms with Crippen LogP contribution in [0.25, 0.3) is 4.91 Å². The molecule has 0 aliphatic carbocycles. The summed E-state index contributed by atoms with van der Waals surface area (Å²) in [7, 11) is 0. The van der Waals surface area contributed by atoms with Gasteiger partial charge >= 0.3 is 17.5 Å². The second kappa shape index (κ2) is 12.1. The number of nitrogens with one attached hydrogen (secondary N) is 2. The van der Waals surface area contributed by atoms with Gasteiger partial charge in [-0.3, -0.25) is 10.6 Å². The molecule has 10 heteroatoms. The Labute approximate surface area is 198 Å². The molecular formula is C23H31N3O6S. The quantitative estimate of drug-likeness (QED) is 0.268. The van der Waals surface area contributed by atoms with Gasteiger partial charge in [-0.1, -0.05) is 24.3 Å². The van der Waals surface area contributed by atoms with Crippen molar-refractivity contribution in [3.05, 3.63) is 48.6 Å². The summed E-state index contributed by atoms with van der Waals surface area (Å²) in [4.78, 5) is 40.5. The van der Waals surface area contributed by atoms with E-state index < -0.39 is 28.7 Å². The number of carboxylic acid groups (broad SMARTS) is 1. The number of hydrogen-bond acceptors (Lipinski definition) is 7. The number of ether oxygens (including phenoxy) is 2. The average Bonchev–Trinajstić information content (AvgIpc) is 2.61. The lowest BCUT2D eigenvalue weighted by Crippen LogP contribution is -2.47. The van der Waals surface area contributed by atoms with Crippen LogP contribution in [-0.4, -0.2) is 39.8 Å². The van der Waals surface area contributed by atoms with Crippen molar-refractivity contribution in [3.63, 3.8) is 0 Å². The maximum absolute atomic E-state index is 12.2. The van der Waals surface area contributed by atoms with Crippen LogP contribution in [0.5, 0.6) is 0 Å². The van der Waals surface area contributed by atoms with Crippen molar-refractivity contribution in [1.29, 1.82) is 0 Å². The SMILES string of the molecule is C=CC/C=C(\SC(=O)O)c1cccc(N=C(NC(=O)OC(C)(C)C)NC(=O)OC(C)(C)C)c1. The van der Waals surface area contributed by atoms with Gasteiger partial charge in [0.25, 0.3) is 0 Å². The van der Waals surface area contributed by atoms with Crippen LogP contribution in [0.3, 0.4) is 0 Å². The lowest BCUT2D eigenvalue weighted by Gasteiger charge is -2.22. The molecule has 0 aromatic heterocycles. The molecule has 9 nitrogen and oxygen atoms in total. The van der Waals surface area contributed by atoms with E-state index in [2.05, 4.69) is 22.2 Å². The molecule has 1 aromatic carbocycles. The number of carbonyl (C=O) groups excluding carboxylic acids is 2. The molecular weight excluding hydrogens is 446 g/mol. The topological polar surface area (TPSA) is 126 Å². The molecule has 1 rings (SSSR count). The van der Waals surface area contributed by atoms with Gasteiger partial charge in [-0.05, 0) is 77.4 Å². The Hall–Kier alpha value is -3.27. The molecule has 0 saturated carbocycles. The zero-order valence-corrected chi connectivity index (χ0v) is 20.5. The van der Waals surface area contributed by atoms with Crippen molar-refractivity contribution in [3.8, 4) is 0 Å². The maximum Gasteiger partial charge on any atom is 0.414 e. The van der Waals surface area contributed by atoms with Gasteiger partial charge in [0.15, 0.2) is 0 Å². The molecule has 33 heavy (non-hydrogen) atoms. The van der Waals surface area contributed by atoms with Crippen LogP contribution >= 0.6 is 11.8 Å². The number of nitrogens with zero attached hydrogens (tertiary/aromatic N) is 1. The molecule has 1 aromatic rings. The zero-order chi connectivity index (χ0) is 25.2. The summed E-state index contributed by atoms with van der Waals surface area (Å²) in [6, 6.07) is 6.66. The van der Waals surface area contributed by atoms with Crippen LogP contribution in [0.15, 0.2) is 48.0 Å². The Balaban J connectivity index is 3.29. The molecule has 0 fully saturated rings. The van der Waals surface area contributed by atoms with Crippen molar-refractivity contribution < 1.29 is 29.0 Å². The number of benzene rings is 1. The molecule has 0 spiro atoms. The Morgan fingerprint density at radius 1 is 1.06 bits per heavy atom. The fourth-order valence-corrected chi connectivity index (χ4v) is 2.86. The maximum atomic E-state index is 12.2. The third-order valence-corrected chi connectivity index (χ3v) is 4.07. The van der Waals surface area contributed by atoms with E-state index in [9.17, 15) is 19.5 Å². The first-order valence-corrected chi connectivity index (χ1v) is 10.9. The molecule has 0 heterocycles. The Bertz CT molecular complexity index is 910.